The topological polar surface area (TPSA) is 130 Å². The third-order valence-electron chi connectivity index (χ3n) is 6.58. The number of imidazole rings is 1. The molecule has 10 nitrogen and oxygen atoms in total. The van der Waals surface area contributed by atoms with E-state index in [1.165, 1.54) is 17.0 Å². The number of urea groups is 1. The Kier molecular flexibility index (Phi) is 7.20. The molecule has 11 heteroatoms. The fraction of sp³-hybridized carbons (Fsp3) is 0.360. The average Bonchev–Trinajstić information content (AvgIpc) is 3.29. The fourth-order valence-corrected chi connectivity index (χ4v) is 4.62. The van der Waals surface area contributed by atoms with E-state index in [4.69, 9.17) is 5.73 Å². The molecule has 190 valence electrons. The fourth-order valence-electron chi connectivity index (χ4n) is 4.62. The summed E-state index contributed by atoms with van der Waals surface area (Å²) < 4.78 is 15.1. The largest absolute Gasteiger partial charge is 0.384 e. The van der Waals surface area contributed by atoms with Crippen LogP contribution in [-0.4, -0.2) is 55.8 Å². The van der Waals surface area contributed by atoms with Gasteiger partial charge < -0.3 is 20.7 Å². The molecule has 0 saturated carbocycles. The minimum absolute atomic E-state index is 0.317. The third kappa shape index (κ3) is 4.87. The van der Waals surface area contributed by atoms with Crippen molar-refractivity contribution < 1.29 is 19.1 Å². The van der Waals surface area contributed by atoms with Crippen LogP contribution in [-0.2, 0) is 18.3 Å². The van der Waals surface area contributed by atoms with Crippen LogP contribution in [0.1, 0.15) is 30.5 Å². The predicted molar refractivity (Wildman–Crippen MR) is 132 cm³/mol. The summed E-state index contributed by atoms with van der Waals surface area (Å²) in [5, 5.41) is 13.9. The zero-order valence-electron chi connectivity index (χ0n) is 20.4. The number of hydrogen-bond acceptors (Lipinski definition) is 6. The van der Waals surface area contributed by atoms with Crippen molar-refractivity contribution in [1.82, 2.24) is 24.8 Å². The number of aryl methyl sites for hydroxylation is 1. The highest BCUT2D eigenvalue weighted by Gasteiger charge is 2.55. The number of carbonyl (C=O) groups excluding carboxylic acids is 2. The molecule has 4 N–H and O–H groups in total. The smallest absolute Gasteiger partial charge is 0.320 e. The Hall–Kier alpha value is -3.99. The average molecular weight is 496 g/mol. The van der Waals surface area contributed by atoms with Crippen LogP contribution in [0, 0.1) is 11.7 Å². The van der Waals surface area contributed by atoms with Gasteiger partial charge in [-0.2, -0.15) is 0 Å². The van der Waals surface area contributed by atoms with Crippen molar-refractivity contribution in [2.75, 3.05) is 17.7 Å². The number of nitrogen functional groups attached to an aromatic ring is 1. The lowest BCUT2D eigenvalue weighted by molar-refractivity contribution is -0.164. The Balaban J connectivity index is 1.59. The summed E-state index contributed by atoms with van der Waals surface area (Å²) in [6, 6.07) is 7.35. The van der Waals surface area contributed by atoms with Crippen molar-refractivity contribution >= 4 is 23.7 Å². The quantitative estimate of drug-likeness (QED) is 0.461. The third-order valence-corrected chi connectivity index (χ3v) is 6.58. The van der Waals surface area contributed by atoms with Crippen LogP contribution in [0.15, 0.2) is 55.0 Å². The summed E-state index contributed by atoms with van der Waals surface area (Å²) in [5.41, 5.74) is 7.32. The number of benzene rings is 1. The molecule has 36 heavy (non-hydrogen) atoms. The summed E-state index contributed by atoms with van der Waals surface area (Å²) in [6.45, 7) is 1.88. The molecule has 0 spiro atoms. The maximum Gasteiger partial charge on any atom is 0.320 e. The first kappa shape index (κ1) is 25.1. The van der Waals surface area contributed by atoms with E-state index in [-0.39, 0.29) is 11.7 Å². The number of amides is 3. The normalized spacial score (nSPS) is 19.9. The number of halogens is 1. The lowest BCUT2D eigenvalue weighted by Crippen LogP contribution is -2.72. The van der Waals surface area contributed by atoms with Gasteiger partial charge in [0.05, 0.1) is 6.04 Å². The molecular weight excluding hydrogens is 465 g/mol. The Morgan fingerprint density at radius 2 is 1.94 bits per heavy atom. The Morgan fingerprint density at radius 3 is 2.56 bits per heavy atom. The SMILES string of the molecule is CCC(NC(=O)N1C(O)[C@H](Cc2ccnc(N)c2)[C@H]1C(=O)N(C)c1nccn1C)c1ccc(F)cc1. The number of anilines is 2. The summed E-state index contributed by atoms with van der Waals surface area (Å²) >= 11 is 0. The van der Waals surface area contributed by atoms with Gasteiger partial charge in [-0.3, -0.25) is 14.6 Å². The molecule has 3 amide bonds. The van der Waals surface area contributed by atoms with E-state index in [1.54, 1.807) is 61.5 Å². The Bertz CT molecular complexity index is 1230. The monoisotopic (exact) mass is 495 g/mol. The summed E-state index contributed by atoms with van der Waals surface area (Å²) in [4.78, 5) is 37.7. The molecule has 3 aromatic rings. The van der Waals surface area contributed by atoms with E-state index in [0.717, 1.165) is 16.0 Å². The minimum atomic E-state index is -1.20. The zero-order chi connectivity index (χ0) is 26.0. The highest BCUT2D eigenvalue weighted by Crippen LogP contribution is 2.36. The van der Waals surface area contributed by atoms with Crippen LogP contribution in [0.2, 0.25) is 0 Å². The lowest BCUT2D eigenvalue weighted by atomic mass is 9.80. The molecule has 0 aliphatic carbocycles. The first-order chi connectivity index (χ1) is 17.2. The van der Waals surface area contributed by atoms with Gasteiger partial charge in [-0.1, -0.05) is 19.1 Å². The number of likely N-dealkylation sites (N-methyl/N-ethyl adjacent to an activating group) is 1. The number of carbonyl (C=O) groups is 2. The van der Waals surface area contributed by atoms with Crippen molar-refractivity contribution in [2.45, 2.75) is 38.1 Å². The number of aromatic nitrogens is 3. The van der Waals surface area contributed by atoms with E-state index in [0.29, 0.717) is 24.6 Å². The van der Waals surface area contributed by atoms with Gasteiger partial charge >= 0.3 is 6.03 Å². The second kappa shape index (κ2) is 10.3. The highest BCUT2D eigenvalue weighted by molar-refractivity contribution is 5.99. The van der Waals surface area contributed by atoms with E-state index < -0.39 is 30.3 Å². The van der Waals surface area contributed by atoms with Crippen LogP contribution in [0.5, 0.6) is 0 Å². The number of nitrogens with one attached hydrogen (secondary N) is 1. The molecule has 0 bridgehead atoms. The van der Waals surface area contributed by atoms with Gasteiger partial charge in [0.15, 0.2) is 0 Å². The predicted octanol–water partition coefficient (Wildman–Crippen LogP) is 2.22. The van der Waals surface area contributed by atoms with Crippen molar-refractivity contribution in [3.05, 3.63) is 71.9 Å². The van der Waals surface area contributed by atoms with Crippen LogP contribution in [0.4, 0.5) is 21.0 Å². The highest BCUT2D eigenvalue weighted by atomic mass is 19.1. The number of likely N-dealkylation sites (tertiary alicyclic amines) is 1. The minimum Gasteiger partial charge on any atom is -0.384 e. The molecule has 4 rings (SSSR count). The molecule has 3 heterocycles. The van der Waals surface area contributed by atoms with E-state index in [1.807, 2.05) is 6.92 Å². The van der Waals surface area contributed by atoms with Crippen LogP contribution in [0.25, 0.3) is 0 Å². The van der Waals surface area contributed by atoms with Gasteiger partial charge in [0.1, 0.15) is 23.9 Å². The van der Waals surface area contributed by atoms with Gasteiger partial charge in [0.2, 0.25) is 5.95 Å². The number of nitrogens with two attached hydrogens (primary N) is 1. The Morgan fingerprint density at radius 1 is 1.22 bits per heavy atom. The number of nitrogens with zero attached hydrogens (tertiary/aromatic N) is 5. The number of rotatable bonds is 7. The number of pyridine rings is 1. The second-order valence-corrected chi connectivity index (χ2v) is 8.92. The molecule has 2 aromatic heterocycles. The van der Waals surface area contributed by atoms with E-state index in [9.17, 15) is 19.1 Å². The van der Waals surface area contributed by atoms with Gasteiger partial charge in [0.25, 0.3) is 5.91 Å². The molecule has 1 saturated heterocycles. The molecule has 1 fully saturated rings. The summed E-state index contributed by atoms with van der Waals surface area (Å²) in [6.07, 6.45) is 4.50. The van der Waals surface area contributed by atoms with Crippen molar-refractivity contribution in [2.24, 2.45) is 13.0 Å². The number of aliphatic hydroxyl groups is 1. The molecule has 4 atom stereocenters. The molecular formula is C25H30FN7O3. The molecule has 1 aliphatic heterocycles. The Labute approximate surface area is 208 Å². The summed E-state index contributed by atoms with van der Waals surface area (Å²) in [5.74, 6) is -0.591. The van der Waals surface area contributed by atoms with Crippen molar-refractivity contribution in [1.29, 1.82) is 0 Å². The van der Waals surface area contributed by atoms with Crippen molar-refractivity contribution in [3.8, 4) is 0 Å². The number of hydrogen-bond donors (Lipinski definition) is 3. The number of aliphatic hydroxyl groups excluding tert-OH is 1. The maximum atomic E-state index is 13.6. The zero-order valence-corrected chi connectivity index (χ0v) is 20.4. The van der Waals surface area contributed by atoms with Gasteiger partial charge in [-0.25, -0.2) is 19.2 Å². The molecule has 1 aliphatic rings. The molecule has 1 aromatic carbocycles. The second-order valence-electron chi connectivity index (χ2n) is 8.92. The first-order valence-corrected chi connectivity index (χ1v) is 11.7. The lowest BCUT2D eigenvalue weighted by Gasteiger charge is -2.52. The molecule has 0 radical (unpaired) electrons. The van der Waals surface area contributed by atoms with Crippen LogP contribution >= 0.6 is 0 Å². The molecule has 2 unspecified atom stereocenters. The van der Waals surface area contributed by atoms with Crippen LogP contribution < -0.4 is 16.0 Å². The van der Waals surface area contributed by atoms with Gasteiger partial charge in [-0.15, -0.1) is 0 Å². The maximum absolute atomic E-state index is 13.6. The van der Waals surface area contributed by atoms with E-state index in [2.05, 4.69) is 15.3 Å². The van der Waals surface area contributed by atoms with Crippen molar-refractivity contribution in [3.63, 3.8) is 0 Å². The van der Waals surface area contributed by atoms with E-state index >= 15 is 0 Å². The first-order valence-electron chi connectivity index (χ1n) is 11.7. The van der Waals surface area contributed by atoms with Gasteiger partial charge in [0, 0.05) is 38.6 Å². The standard InChI is InChI=1S/C25H30FN7O3/c1-4-19(16-5-7-17(26)8-6-16)30-25(36)33-21(23(35)32(3)24-29-11-12-31(24)2)18(22(33)34)13-15-9-10-28-20(27)14-15/h5-12,14,18-19,21-22,34H,4,13H2,1-3H3,(H2,27,28)(H,30,36)/t18-,19?,21+,22?/m1/s1. The van der Waals surface area contributed by atoms with Gasteiger partial charge in [-0.05, 0) is 48.2 Å². The van der Waals surface area contributed by atoms with Crippen LogP contribution in [0.3, 0.4) is 0 Å². The summed E-state index contributed by atoms with van der Waals surface area (Å²) in [7, 11) is 3.35.